The minimum atomic E-state index is 0.376. The number of hydrogen-bond donors (Lipinski definition) is 1. The van der Waals surface area contributed by atoms with Gasteiger partial charge in [-0.1, -0.05) is 43.9 Å². The van der Waals surface area contributed by atoms with E-state index in [1.807, 2.05) is 11.8 Å². The van der Waals surface area contributed by atoms with Crippen LogP contribution in [0.5, 0.6) is 0 Å². The summed E-state index contributed by atoms with van der Waals surface area (Å²) in [6, 6.07) is 6.95. The summed E-state index contributed by atoms with van der Waals surface area (Å²) in [5, 5.41) is 5.20. The van der Waals surface area contributed by atoms with Crippen LogP contribution in [0.15, 0.2) is 23.1 Å². The fourth-order valence-electron chi connectivity index (χ4n) is 2.72. The van der Waals surface area contributed by atoms with Gasteiger partial charge in [-0.3, -0.25) is 0 Å². The molecule has 1 N–H and O–H groups in total. The Morgan fingerprint density at radius 2 is 2.05 bits per heavy atom. The molecule has 1 nitrogen and oxygen atoms in total. The van der Waals surface area contributed by atoms with Crippen LogP contribution in [0.4, 0.5) is 0 Å². The van der Waals surface area contributed by atoms with Crippen molar-refractivity contribution in [2.45, 2.75) is 68.6 Å². The second-order valence-electron chi connectivity index (χ2n) is 5.74. The smallest absolute Gasteiger partial charge is 0.0545 e. The number of nitrogens with one attached hydrogen (secondary N) is 1. The molecule has 0 aliphatic heterocycles. The van der Waals surface area contributed by atoms with Gasteiger partial charge in [-0.2, -0.15) is 0 Å². The van der Waals surface area contributed by atoms with E-state index in [1.165, 1.54) is 42.6 Å². The molecular weight excluding hydrogens is 286 g/mol. The summed E-state index contributed by atoms with van der Waals surface area (Å²) in [5.41, 5.74) is 1.29. The molecule has 0 spiro atoms. The lowest BCUT2D eigenvalue weighted by Gasteiger charge is -2.22. The molecule has 1 aliphatic carbocycles. The van der Waals surface area contributed by atoms with Crippen molar-refractivity contribution in [2.75, 3.05) is 6.54 Å². The average molecular weight is 312 g/mol. The van der Waals surface area contributed by atoms with Crippen LogP contribution in [-0.4, -0.2) is 11.8 Å². The lowest BCUT2D eigenvalue weighted by atomic mass is 10.0. The lowest BCUT2D eigenvalue weighted by molar-refractivity contribution is 0.516. The van der Waals surface area contributed by atoms with Gasteiger partial charge in [0.25, 0.3) is 0 Å². The van der Waals surface area contributed by atoms with Crippen molar-refractivity contribution in [3.63, 3.8) is 0 Å². The molecular formula is C17H26ClNS. The molecule has 0 amide bonds. The van der Waals surface area contributed by atoms with Gasteiger partial charge in [-0.15, -0.1) is 11.8 Å². The monoisotopic (exact) mass is 311 g/mol. The van der Waals surface area contributed by atoms with Crippen LogP contribution in [0.25, 0.3) is 0 Å². The predicted molar refractivity (Wildman–Crippen MR) is 90.9 cm³/mol. The minimum Gasteiger partial charge on any atom is -0.310 e. The molecule has 1 atom stereocenters. The van der Waals surface area contributed by atoms with Gasteiger partial charge in [0, 0.05) is 16.2 Å². The number of halogens is 1. The quantitative estimate of drug-likeness (QED) is 0.709. The molecule has 0 heterocycles. The van der Waals surface area contributed by atoms with Gasteiger partial charge in [-0.05, 0) is 50.4 Å². The van der Waals surface area contributed by atoms with Crippen molar-refractivity contribution in [2.24, 2.45) is 0 Å². The zero-order chi connectivity index (χ0) is 14.4. The Balaban J connectivity index is 1.97. The summed E-state index contributed by atoms with van der Waals surface area (Å²) in [4.78, 5) is 1.25. The molecule has 1 aromatic carbocycles. The summed E-state index contributed by atoms with van der Waals surface area (Å²) in [7, 11) is 0. The normalized spacial score (nSPS) is 18.1. The Morgan fingerprint density at radius 3 is 2.70 bits per heavy atom. The number of hydrogen-bond acceptors (Lipinski definition) is 2. The summed E-state index contributed by atoms with van der Waals surface area (Å²) in [6.07, 6.45) is 8.02. The van der Waals surface area contributed by atoms with Gasteiger partial charge in [-0.25, -0.2) is 0 Å². The molecule has 0 radical (unpaired) electrons. The minimum absolute atomic E-state index is 0.376. The van der Waals surface area contributed by atoms with Gasteiger partial charge in [0.1, 0.15) is 0 Å². The van der Waals surface area contributed by atoms with Crippen molar-refractivity contribution < 1.29 is 0 Å². The Morgan fingerprint density at radius 1 is 1.30 bits per heavy atom. The van der Waals surface area contributed by atoms with Crippen LogP contribution in [0.1, 0.15) is 64.0 Å². The molecule has 0 aromatic heterocycles. The third kappa shape index (κ3) is 4.68. The van der Waals surface area contributed by atoms with E-state index in [0.717, 1.165) is 23.2 Å². The molecule has 1 saturated carbocycles. The molecule has 3 heteroatoms. The van der Waals surface area contributed by atoms with Gasteiger partial charge in [0.05, 0.1) is 5.02 Å². The van der Waals surface area contributed by atoms with Crippen molar-refractivity contribution >= 4 is 23.4 Å². The highest BCUT2D eigenvalue weighted by molar-refractivity contribution is 8.00. The zero-order valence-electron chi connectivity index (χ0n) is 12.6. The van der Waals surface area contributed by atoms with Crippen LogP contribution >= 0.6 is 23.4 Å². The van der Waals surface area contributed by atoms with Crippen LogP contribution in [0, 0.1) is 0 Å². The van der Waals surface area contributed by atoms with E-state index in [0.29, 0.717) is 6.04 Å². The van der Waals surface area contributed by atoms with Gasteiger partial charge in [0.15, 0.2) is 0 Å². The number of rotatable bonds is 6. The van der Waals surface area contributed by atoms with Crippen LogP contribution in [0.2, 0.25) is 5.02 Å². The number of thioether (sulfide) groups is 1. The number of benzene rings is 1. The lowest BCUT2D eigenvalue weighted by Crippen LogP contribution is -2.19. The summed E-state index contributed by atoms with van der Waals surface area (Å²) in [5.74, 6) is 0. The first-order valence-corrected chi connectivity index (χ1v) is 9.16. The second-order valence-corrected chi connectivity index (χ2v) is 7.49. The fraction of sp³-hybridized carbons (Fsp3) is 0.647. The van der Waals surface area contributed by atoms with E-state index in [9.17, 15) is 0 Å². The SMILES string of the molecule is CCCNC(C)c1ccc(SC2CCCCC2)c(Cl)c1. The Hall–Kier alpha value is -0.180. The summed E-state index contributed by atoms with van der Waals surface area (Å²) in [6.45, 7) is 5.45. The molecule has 1 aromatic rings. The Bertz CT molecular complexity index is 415. The summed E-state index contributed by atoms with van der Waals surface area (Å²) < 4.78 is 0. The third-order valence-corrected chi connectivity index (χ3v) is 5.84. The van der Waals surface area contributed by atoms with E-state index in [-0.39, 0.29) is 0 Å². The second kappa shape index (κ2) is 8.31. The molecule has 0 bridgehead atoms. The van der Waals surface area contributed by atoms with Crippen LogP contribution in [0.3, 0.4) is 0 Å². The highest BCUT2D eigenvalue weighted by Gasteiger charge is 2.16. The van der Waals surface area contributed by atoms with Crippen molar-refractivity contribution in [3.05, 3.63) is 28.8 Å². The van der Waals surface area contributed by atoms with E-state index in [2.05, 4.69) is 37.4 Å². The van der Waals surface area contributed by atoms with Crippen LogP contribution in [-0.2, 0) is 0 Å². The Labute approximate surface area is 132 Å². The van der Waals surface area contributed by atoms with Crippen molar-refractivity contribution in [1.29, 1.82) is 0 Å². The van der Waals surface area contributed by atoms with Gasteiger partial charge >= 0.3 is 0 Å². The maximum absolute atomic E-state index is 6.48. The molecule has 2 rings (SSSR count). The first-order chi connectivity index (χ1) is 9.70. The molecule has 20 heavy (non-hydrogen) atoms. The topological polar surface area (TPSA) is 12.0 Å². The molecule has 112 valence electrons. The molecule has 0 saturated heterocycles. The predicted octanol–water partition coefficient (Wildman–Crippen LogP) is 5.83. The fourth-order valence-corrected chi connectivity index (χ4v) is 4.29. The van der Waals surface area contributed by atoms with E-state index in [1.54, 1.807) is 0 Å². The van der Waals surface area contributed by atoms with E-state index >= 15 is 0 Å². The highest BCUT2D eigenvalue weighted by atomic mass is 35.5. The zero-order valence-corrected chi connectivity index (χ0v) is 14.2. The van der Waals surface area contributed by atoms with Crippen LogP contribution < -0.4 is 5.32 Å². The Kier molecular flexibility index (Phi) is 6.73. The first kappa shape index (κ1) is 16.2. The van der Waals surface area contributed by atoms with Crippen molar-refractivity contribution in [3.8, 4) is 0 Å². The third-order valence-electron chi connectivity index (χ3n) is 4.00. The standard InChI is InChI=1S/C17H26ClNS/c1-3-11-19-13(2)14-9-10-17(16(18)12-14)20-15-7-5-4-6-8-15/h9-10,12-13,15,19H,3-8,11H2,1-2H3. The molecule has 1 fully saturated rings. The highest BCUT2D eigenvalue weighted by Crippen LogP contribution is 2.37. The molecule has 1 aliphatic rings. The first-order valence-electron chi connectivity index (χ1n) is 7.90. The van der Waals surface area contributed by atoms with Gasteiger partial charge < -0.3 is 5.32 Å². The van der Waals surface area contributed by atoms with Gasteiger partial charge in [0.2, 0.25) is 0 Å². The van der Waals surface area contributed by atoms with E-state index < -0.39 is 0 Å². The maximum atomic E-state index is 6.48. The summed E-state index contributed by atoms with van der Waals surface area (Å²) >= 11 is 8.46. The average Bonchev–Trinajstić information content (AvgIpc) is 2.48. The van der Waals surface area contributed by atoms with E-state index in [4.69, 9.17) is 11.6 Å². The maximum Gasteiger partial charge on any atom is 0.0545 e. The molecule has 1 unspecified atom stereocenters. The van der Waals surface area contributed by atoms with Crippen molar-refractivity contribution in [1.82, 2.24) is 5.32 Å². The largest absolute Gasteiger partial charge is 0.310 e.